The van der Waals surface area contributed by atoms with Gasteiger partial charge in [-0.1, -0.05) is 54.1 Å². The van der Waals surface area contributed by atoms with Crippen LogP contribution in [-0.4, -0.2) is 16.7 Å². The molecule has 0 unspecified atom stereocenters. The van der Waals surface area contributed by atoms with Crippen molar-refractivity contribution >= 4 is 11.8 Å². The number of hydrogen-bond acceptors (Lipinski definition) is 3. The molecule has 3 aromatic rings. The lowest BCUT2D eigenvalue weighted by atomic mass is 10.1. The number of amides is 2. The molecular weight excluding hydrogens is 338 g/mol. The van der Waals surface area contributed by atoms with Gasteiger partial charge in [-0.05, 0) is 42.3 Å². The predicted octanol–water partition coefficient (Wildman–Crippen LogP) is 4.37. The highest BCUT2D eigenvalue weighted by molar-refractivity contribution is 6.21. The molecule has 2 amide bonds. The maximum Gasteiger partial charge on any atom is 0.261 e. The van der Waals surface area contributed by atoms with E-state index in [0.717, 1.165) is 16.7 Å². The highest BCUT2D eigenvalue weighted by Gasteiger charge is 2.35. The number of nitrogens with zero attached hydrogens (tertiary/aromatic N) is 1. The molecule has 0 aliphatic carbocycles. The molecule has 0 radical (unpaired) electrons. The molecule has 27 heavy (non-hydrogen) atoms. The van der Waals surface area contributed by atoms with E-state index in [9.17, 15) is 9.59 Å². The molecule has 1 aliphatic heterocycles. The van der Waals surface area contributed by atoms with Crippen LogP contribution < -0.4 is 4.74 Å². The predicted molar refractivity (Wildman–Crippen MR) is 103 cm³/mol. The largest absolute Gasteiger partial charge is 0.489 e. The molecule has 0 aromatic heterocycles. The molecule has 0 atom stereocenters. The zero-order valence-electron chi connectivity index (χ0n) is 15.0. The number of fused-ring (bicyclic) bond motifs is 1. The van der Waals surface area contributed by atoms with Crippen molar-refractivity contribution < 1.29 is 14.3 Å². The van der Waals surface area contributed by atoms with E-state index >= 15 is 0 Å². The first-order valence-electron chi connectivity index (χ1n) is 8.84. The highest BCUT2D eigenvalue weighted by atomic mass is 16.5. The Hall–Kier alpha value is -3.40. The Morgan fingerprint density at radius 2 is 1.52 bits per heavy atom. The Morgan fingerprint density at radius 1 is 0.778 bits per heavy atom. The highest BCUT2D eigenvalue weighted by Crippen LogP contribution is 2.26. The maximum absolute atomic E-state index is 12.6. The van der Waals surface area contributed by atoms with E-state index in [0.29, 0.717) is 23.5 Å². The first kappa shape index (κ1) is 17.0. The van der Waals surface area contributed by atoms with Gasteiger partial charge in [0, 0.05) is 0 Å². The summed E-state index contributed by atoms with van der Waals surface area (Å²) in [6.45, 7) is 2.61. The van der Waals surface area contributed by atoms with Crippen LogP contribution in [0.4, 0.5) is 0 Å². The van der Waals surface area contributed by atoms with Crippen LogP contribution in [0.1, 0.15) is 37.4 Å². The second-order valence-corrected chi connectivity index (χ2v) is 6.67. The quantitative estimate of drug-likeness (QED) is 0.637. The minimum absolute atomic E-state index is 0.230. The molecule has 4 rings (SSSR count). The Kier molecular flexibility index (Phi) is 4.47. The molecule has 0 saturated heterocycles. The minimum Gasteiger partial charge on any atom is -0.489 e. The van der Waals surface area contributed by atoms with Gasteiger partial charge in [0.15, 0.2) is 0 Å². The number of carbonyl (C=O) groups excluding carboxylic acids is 2. The van der Waals surface area contributed by atoms with Crippen molar-refractivity contribution in [1.29, 1.82) is 0 Å². The Balaban J connectivity index is 1.49. The van der Waals surface area contributed by atoms with Gasteiger partial charge >= 0.3 is 0 Å². The van der Waals surface area contributed by atoms with Crippen molar-refractivity contribution in [2.45, 2.75) is 20.1 Å². The summed E-state index contributed by atoms with van der Waals surface area (Å²) in [4.78, 5) is 26.5. The van der Waals surface area contributed by atoms with Gasteiger partial charge in [-0.3, -0.25) is 14.5 Å². The normalized spacial score (nSPS) is 13.0. The van der Waals surface area contributed by atoms with Crippen LogP contribution in [0, 0.1) is 6.92 Å². The summed E-state index contributed by atoms with van der Waals surface area (Å²) in [5, 5.41) is 0. The van der Waals surface area contributed by atoms with E-state index in [4.69, 9.17) is 4.74 Å². The van der Waals surface area contributed by atoms with E-state index in [1.165, 1.54) is 4.90 Å². The third kappa shape index (κ3) is 3.47. The molecule has 0 bridgehead atoms. The van der Waals surface area contributed by atoms with E-state index < -0.39 is 0 Å². The van der Waals surface area contributed by atoms with Crippen molar-refractivity contribution in [3.8, 4) is 5.75 Å². The lowest BCUT2D eigenvalue weighted by molar-refractivity contribution is 0.0642. The van der Waals surface area contributed by atoms with Crippen molar-refractivity contribution in [3.05, 3.63) is 101 Å². The van der Waals surface area contributed by atoms with Crippen LogP contribution in [0.15, 0.2) is 72.8 Å². The number of aryl methyl sites for hydroxylation is 1. The zero-order valence-corrected chi connectivity index (χ0v) is 15.0. The third-order valence-corrected chi connectivity index (χ3v) is 4.61. The number of carbonyl (C=O) groups is 2. The third-order valence-electron chi connectivity index (χ3n) is 4.61. The van der Waals surface area contributed by atoms with Crippen LogP contribution in [0.25, 0.3) is 0 Å². The summed E-state index contributed by atoms with van der Waals surface area (Å²) in [6.07, 6.45) is 0. The fraction of sp³-hybridized carbons (Fsp3) is 0.130. The summed E-state index contributed by atoms with van der Waals surface area (Å²) in [5.41, 5.74) is 3.86. The van der Waals surface area contributed by atoms with Gasteiger partial charge in [-0.2, -0.15) is 0 Å². The van der Waals surface area contributed by atoms with E-state index in [1.54, 1.807) is 12.1 Å². The summed E-state index contributed by atoms with van der Waals surface area (Å²) in [6, 6.07) is 22.8. The van der Waals surface area contributed by atoms with Gasteiger partial charge in [0.2, 0.25) is 0 Å². The second-order valence-electron chi connectivity index (χ2n) is 6.67. The van der Waals surface area contributed by atoms with Crippen molar-refractivity contribution in [2.24, 2.45) is 0 Å². The van der Waals surface area contributed by atoms with E-state index in [1.807, 2.05) is 67.6 Å². The lowest BCUT2D eigenvalue weighted by Gasteiger charge is -2.15. The van der Waals surface area contributed by atoms with Gasteiger partial charge < -0.3 is 4.74 Å². The number of imide groups is 1. The second kappa shape index (κ2) is 7.08. The molecule has 0 N–H and O–H groups in total. The van der Waals surface area contributed by atoms with E-state index in [-0.39, 0.29) is 18.4 Å². The van der Waals surface area contributed by atoms with Crippen molar-refractivity contribution in [1.82, 2.24) is 4.90 Å². The maximum atomic E-state index is 12.6. The SMILES string of the molecule is Cc1ccc2c(c1)C(=O)N(Cc1cccc(OCc3ccccc3)c1)C2=O. The minimum atomic E-state index is -0.245. The first-order chi connectivity index (χ1) is 13.1. The molecule has 134 valence electrons. The Morgan fingerprint density at radius 3 is 2.33 bits per heavy atom. The monoisotopic (exact) mass is 357 g/mol. The van der Waals surface area contributed by atoms with E-state index in [2.05, 4.69) is 0 Å². The van der Waals surface area contributed by atoms with Crippen LogP contribution >= 0.6 is 0 Å². The van der Waals surface area contributed by atoms with Gasteiger partial charge in [-0.25, -0.2) is 0 Å². The first-order valence-corrected chi connectivity index (χ1v) is 8.84. The smallest absolute Gasteiger partial charge is 0.261 e. The fourth-order valence-corrected chi connectivity index (χ4v) is 3.21. The Bertz CT molecular complexity index is 1010. The van der Waals surface area contributed by atoms with Gasteiger partial charge in [0.1, 0.15) is 12.4 Å². The lowest BCUT2D eigenvalue weighted by Crippen LogP contribution is -2.29. The summed E-state index contributed by atoms with van der Waals surface area (Å²) >= 11 is 0. The number of hydrogen-bond donors (Lipinski definition) is 0. The molecule has 3 aromatic carbocycles. The van der Waals surface area contributed by atoms with Crippen LogP contribution in [0.5, 0.6) is 5.75 Å². The summed E-state index contributed by atoms with van der Waals surface area (Å²) in [7, 11) is 0. The van der Waals surface area contributed by atoms with Gasteiger partial charge in [0.05, 0.1) is 17.7 Å². The molecule has 4 heteroatoms. The molecule has 4 nitrogen and oxygen atoms in total. The number of ether oxygens (including phenoxy) is 1. The number of rotatable bonds is 5. The summed E-state index contributed by atoms with van der Waals surface area (Å²) < 4.78 is 5.84. The van der Waals surface area contributed by atoms with Crippen molar-refractivity contribution in [2.75, 3.05) is 0 Å². The molecular formula is C23H19NO3. The summed E-state index contributed by atoms with van der Waals surface area (Å²) in [5.74, 6) is 0.226. The Labute approximate surface area is 158 Å². The topological polar surface area (TPSA) is 46.6 Å². The fourth-order valence-electron chi connectivity index (χ4n) is 3.21. The molecule has 1 heterocycles. The number of benzene rings is 3. The average molecular weight is 357 g/mol. The standard InChI is InChI=1S/C23H19NO3/c1-16-10-11-20-21(12-16)23(26)24(22(20)25)14-18-8-5-9-19(13-18)27-15-17-6-3-2-4-7-17/h2-13H,14-15H2,1H3. The molecule has 0 spiro atoms. The molecule has 0 fully saturated rings. The van der Waals surface area contributed by atoms with Gasteiger partial charge in [0.25, 0.3) is 11.8 Å². The zero-order chi connectivity index (χ0) is 18.8. The van der Waals surface area contributed by atoms with Crippen LogP contribution in [0.2, 0.25) is 0 Å². The van der Waals surface area contributed by atoms with Crippen molar-refractivity contribution in [3.63, 3.8) is 0 Å². The average Bonchev–Trinajstić information content (AvgIpc) is 2.92. The molecule has 0 saturated carbocycles. The van der Waals surface area contributed by atoms with Gasteiger partial charge in [-0.15, -0.1) is 0 Å². The van der Waals surface area contributed by atoms with Crippen LogP contribution in [0.3, 0.4) is 0 Å². The van der Waals surface area contributed by atoms with Crippen LogP contribution in [-0.2, 0) is 13.2 Å². The molecule has 1 aliphatic rings.